The third kappa shape index (κ3) is 3.67. The van der Waals surface area contributed by atoms with E-state index in [9.17, 15) is 21.6 Å². The van der Waals surface area contributed by atoms with Crippen LogP contribution in [-0.4, -0.2) is 28.5 Å². The molecule has 0 unspecified atom stereocenters. The predicted octanol–water partition coefficient (Wildman–Crippen LogP) is 2.82. The number of sulfonamides is 2. The van der Waals surface area contributed by atoms with Crippen LogP contribution in [0.5, 0.6) is 0 Å². The van der Waals surface area contributed by atoms with Crippen molar-refractivity contribution in [2.45, 2.75) is 25.2 Å². The lowest BCUT2D eigenvalue weighted by atomic mass is 10.1. The molecule has 2 aromatic rings. The minimum absolute atomic E-state index is 0.00946. The molecule has 0 radical (unpaired) electrons. The van der Waals surface area contributed by atoms with Crippen molar-refractivity contribution >= 4 is 48.9 Å². The van der Waals surface area contributed by atoms with E-state index in [0.717, 1.165) is 4.31 Å². The van der Waals surface area contributed by atoms with Gasteiger partial charge in [-0.05, 0) is 49.2 Å². The van der Waals surface area contributed by atoms with Crippen molar-refractivity contribution in [2.75, 3.05) is 14.8 Å². The fourth-order valence-electron chi connectivity index (χ4n) is 3.08. The molecule has 0 saturated carbocycles. The van der Waals surface area contributed by atoms with E-state index in [1.807, 2.05) is 0 Å². The van der Waals surface area contributed by atoms with Crippen molar-refractivity contribution in [3.05, 3.63) is 52.5 Å². The van der Waals surface area contributed by atoms with Crippen LogP contribution < -0.4 is 9.03 Å². The number of hydrogen-bond donors (Lipinski definition) is 1. The summed E-state index contributed by atoms with van der Waals surface area (Å²) >= 11 is 6.02. The Bertz CT molecular complexity index is 1120. The van der Waals surface area contributed by atoms with Gasteiger partial charge in [-0.2, -0.15) is 0 Å². The van der Waals surface area contributed by atoms with Gasteiger partial charge in [0.15, 0.2) is 0 Å². The normalized spacial score (nSPS) is 16.6. The first kappa shape index (κ1) is 19.7. The number of rotatable bonds is 4. The van der Waals surface area contributed by atoms with E-state index >= 15 is 0 Å². The third-order valence-corrected chi connectivity index (χ3v) is 7.84. The average molecular weight is 429 g/mol. The summed E-state index contributed by atoms with van der Waals surface area (Å²) in [6.45, 7) is 3.09. The van der Waals surface area contributed by atoms with Gasteiger partial charge in [0.2, 0.25) is 15.9 Å². The van der Waals surface area contributed by atoms with E-state index in [4.69, 9.17) is 11.6 Å². The molecule has 3 rings (SSSR count). The summed E-state index contributed by atoms with van der Waals surface area (Å²) in [5, 5.41) is 0.252. The standard InChI is InChI=1S/C17H17ClN2O5S2/c1-11-9-13(20-16(21)7-8-26(20,22)23)10-12(2)17(11)27(24,25)19-15-6-4-3-5-14(15)18/h3-6,9-10,19H,7-8H2,1-2H3. The maximum Gasteiger partial charge on any atom is 0.262 e. The molecular weight excluding hydrogens is 412 g/mol. The number of nitrogens with one attached hydrogen (secondary N) is 1. The molecule has 1 aliphatic heterocycles. The van der Waals surface area contributed by atoms with Crippen molar-refractivity contribution in [3.63, 3.8) is 0 Å². The van der Waals surface area contributed by atoms with Crippen LogP contribution in [-0.2, 0) is 24.8 Å². The second kappa shape index (κ2) is 6.81. The van der Waals surface area contributed by atoms with Gasteiger partial charge in [-0.25, -0.2) is 21.1 Å². The van der Waals surface area contributed by atoms with Crippen LogP contribution >= 0.6 is 11.6 Å². The molecule has 1 saturated heterocycles. The van der Waals surface area contributed by atoms with Gasteiger partial charge >= 0.3 is 0 Å². The van der Waals surface area contributed by atoms with E-state index in [-0.39, 0.29) is 33.5 Å². The lowest BCUT2D eigenvalue weighted by molar-refractivity contribution is -0.116. The Hall–Kier alpha value is -2.10. The van der Waals surface area contributed by atoms with Crippen LogP contribution in [0.4, 0.5) is 11.4 Å². The zero-order valence-electron chi connectivity index (χ0n) is 14.6. The Labute approximate surface area is 163 Å². The molecule has 0 bridgehead atoms. The number of nitrogens with zero attached hydrogens (tertiary/aromatic N) is 1. The highest BCUT2D eigenvalue weighted by Gasteiger charge is 2.37. The molecule has 0 atom stereocenters. The molecule has 1 fully saturated rings. The molecule has 1 aliphatic rings. The molecule has 0 spiro atoms. The van der Waals surface area contributed by atoms with Crippen molar-refractivity contribution in [1.82, 2.24) is 0 Å². The first-order valence-electron chi connectivity index (χ1n) is 7.97. The summed E-state index contributed by atoms with van der Waals surface area (Å²) in [7, 11) is -7.69. The Morgan fingerprint density at radius 3 is 2.22 bits per heavy atom. The lowest BCUT2D eigenvalue weighted by Gasteiger charge is -2.19. The molecule has 27 heavy (non-hydrogen) atoms. The molecule has 7 nitrogen and oxygen atoms in total. The molecule has 1 N–H and O–H groups in total. The highest BCUT2D eigenvalue weighted by molar-refractivity contribution is 7.94. The number of carbonyl (C=O) groups excluding carboxylic acids is 1. The number of benzene rings is 2. The molecule has 0 aliphatic carbocycles. The summed E-state index contributed by atoms with van der Waals surface area (Å²) in [5.74, 6) is -0.781. The quantitative estimate of drug-likeness (QED) is 0.806. The SMILES string of the molecule is Cc1cc(N2C(=O)CCS2(=O)=O)cc(C)c1S(=O)(=O)Nc1ccccc1Cl. The Balaban J connectivity index is 2.05. The van der Waals surface area contributed by atoms with Crippen LogP contribution in [0.3, 0.4) is 0 Å². The first-order chi connectivity index (χ1) is 12.5. The lowest BCUT2D eigenvalue weighted by Crippen LogP contribution is -2.29. The zero-order valence-corrected chi connectivity index (χ0v) is 17.0. The van der Waals surface area contributed by atoms with E-state index in [1.54, 1.807) is 32.0 Å². The largest absolute Gasteiger partial charge is 0.278 e. The van der Waals surface area contributed by atoms with Crippen molar-refractivity contribution < 1.29 is 21.6 Å². The van der Waals surface area contributed by atoms with Crippen molar-refractivity contribution in [2.24, 2.45) is 0 Å². The Morgan fingerprint density at radius 2 is 1.70 bits per heavy atom. The summed E-state index contributed by atoms with van der Waals surface area (Å²) in [6.07, 6.45) is -0.0887. The maximum absolute atomic E-state index is 12.9. The van der Waals surface area contributed by atoms with E-state index in [0.29, 0.717) is 11.1 Å². The fourth-order valence-corrected chi connectivity index (χ4v) is 6.29. The number of amides is 1. The topological polar surface area (TPSA) is 101 Å². The van der Waals surface area contributed by atoms with Gasteiger partial charge in [-0.1, -0.05) is 23.7 Å². The number of carbonyl (C=O) groups is 1. The number of aryl methyl sites for hydroxylation is 2. The molecule has 144 valence electrons. The summed E-state index contributed by atoms with van der Waals surface area (Å²) in [5.41, 5.74) is 1.02. The number of hydrogen-bond acceptors (Lipinski definition) is 5. The van der Waals surface area contributed by atoms with E-state index in [2.05, 4.69) is 4.72 Å². The van der Waals surface area contributed by atoms with Crippen molar-refractivity contribution in [3.8, 4) is 0 Å². The van der Waals surface area contributed by atoms with Crippen LogP contribution in [0, 0.1) is 13.8 Å². The average Bonchev–Trinajstić information content (AvgIpc) is 2.81. The minimum atomic E-state index is -3.97. The molecular formula is C17H17ClN2O5S2. The molecule has 0 aromatic heterocycles. The van der Waals surface area contributed by atoms with Crippen LogP contribution in [0.2, 0.25) is 5.02 Å². The predicted molar refractivity (Wildman–Crippen MR) is 104 cm³/mol. The van der Waals surface area contributed by atoms with E-state index in [1.165, 1.54) is 18.2 Å². The second-order valence-electron chi connectivity index (χ2n) is 6.22. The summed E-state index contributed by atoms with van der Waals surface area (Å²) < 4.78 is 53.1. The van der Waals surface area contributed by atoms with Gasteiger partial charge in [-0.3, -0.25) is 9.52 Å². The van der Waals surface area contributed by atoms with E-state index < -0.39 is 26.0 Å². The van der Waals surface area contributed by atoms with Gasteiger partial charge in [-0.15, -0.1) is 0 Å². The summed E-state index contributed by atoms with van der Waals surface area (Å²) in [4.78, 5) is 12.0. The Morgan fingerprint density at radius 1 is 1.11 bits per heavy atom. The van der Waals surface area contributed by atoms with Gasteiger partial charge < -0.3 is 0 Å². The van der Waals surface area contributed by atoms with Gasteiger partial charge in [0.05, 0.1) is 27.0 Å². The van der Waals surface area contributed by atoms with Gasteiger partial charge in [0.25, 0.3) is 10.0 Å². The smallest absolute Gasteiger partial charge is 0.262 e. The zero-order chi connectivity index (χ0) is 20.0. The minimum Gasteiger partial charge on any atom is -0.278 e. The highest BCUT2D eigenvalue weighted by atomic mass is 35.5. The van der Waals surface area contributed by atoms with Crippen LogP contribution in [0.15, 0.2) is 41.3 Å². The van der Waals surface area contributed by atoms with Gasteiger partial charge in [0.1, 0.15) is 0 Å². The molecule has 10 heteroatoms. The molecule has 1 heterocycles. The molecule has 1 amide bonds. The van der Waals surface area contributed by atoms with Crippen LogP contribution in [0.25, 0.3) is 0 Å². The Kier molecular flexibility index (Phi) is 4.96. The third-order valence-electron chi connectivity index (χ3n) is 4.15. The van der Waals surface area contributed by atoms with Gasteiger partial charge in [0, 0.05) is 6.42 Å². The second-order valence-corrected chi connectivity index (χ2v) is 10.2. The van der Waals surface area contributed by atoms with Crippen molar-refractivity contribution in [1.29, 1.82) is 0 Å². The maximum atomic E-state index is 12.9. The monoisotopic (exact) mass is 428 g/mol. The number of halogens is 1. The highest BCUT2D eigenvalue weighted by Crippen LogP contribution is 2.32. The summed E-state index contributed by atoms with van der Waals surface area (Å²) in [6, 6.07) is 9.19. The fraction of sp³-hybridized carbons (Fsp3) is 0.235. The number of para-hydroxylation sites is 1. The number of anilines is 2. The first-order valence-corrected chi connectivity index (χ1v) is 11.4. The van der Waals surface area contributed by atoms with Crippen LogP contribution in [0.1, 0.15) is 17.5 Å². The molecule has 2 aromatic carbocycles.